The van der Waals surface area contributed by atoms with E-state index in [1.807, 2.05) is 40.2 Å². The average molecular weight is 595 g/mol. The van der Waals surface area contributed by atoms with Crippen LogP contribution in [0.1, 0.15) is 97.0 Å². The number of likely N-dealkylation sites (N-methyl/N-ethyl adjacent to an activating group) is 1. The molecule has 2 aliphatic carbocycles. The van der Waals surface area contributed by atoms with Crippen molar-refractivity contribution in [3.63, 3.8) is 0 Å². The number of rotatable bonds is 10. The van der Waals surface area contributed by atoms with Gasteiger partial charge in [0.25, 0.3) is 0 Å². The van der Waals surface area contributed by atoms with Crippen LogP contribution in [-0.2, 0) is 31.9 Å². The van der Waals surface area contributed by atoms with Crippen LogP contribution in [0.2, 0.25) is 0 Å². The van der Waals surface area contributed by atoms with Gasteiger partial charge >= 0.3 is 11.9 Å². The van der Waals surface area contributed by atoms with Gasteiger partial charge < -0.3 is 24.3 Å². The number of hydrogen-bond acceptors (Lipinski definition) is 6. The number of nitrogens with two attached hydrogens (primary N) is 1. The minimum atomic E-state index is -0.528. The molecule has 43 heavy (non-hydrogen) atoms. The lowest BCUT2D eigenvalue weighted by Crippen LogP contribution is -2.44. The lowest BCUT2D eigenvalue weighted by molar-refractivity contribution is -0.873. The van der Waals surface area contributed by atoms with Gasteiger partial charge in [-0.05, 0) is 86.6 Å². The molecule has 0 saturated heterocycles. The Kier molecular flexibility index (Phi) is 9.54. The Labute approximate surface area is 255 Å². The van der Waals surface area contributed by atoms with E-state index in [1.54, 1.807) is 6.07 Å². The van der Waals surface area contributed by atoms with Gasteiger partial charge in [0.05, 0.1) is 27.6 Å². The standard InChI is InChI=1S/C34H47N3O6/c1-21-14-29-30(18-34(3,4)19-31(29)39)36(21)25-10-13-28(33(35)41)24(16-25)15-23-8-11-26(12-9-23)43-32(40)17-27(42-22(2)38)20-37(5,6)7/h10,13-14,16,23,26-27H,8-9,11-12,15,17-20H2,1-7H3,(H-,35,41)/p+1. The summed E-state index contributed by atoms with van der Waals surface area (Å²) in [5, 5.41) is 0. The zero-order chi connectivity index (χ0) is 31.7. The summed E-state index contributed by atoms with van der Waals surface area (Å²) >= 11 is 0. The zero-order valence-electron chi connectivity index (χ0n) is 26.8. The highest BCUT2D eigenvalue weighted by molar-refractivity contribution is 5.99. The number of esters is 2. The van der Waals surface area contributed by atoms with E-state index in [0.29, 0.717) is 35.4 Å². The summed E-state index contributed by atoms with van der Waals surface area (Å²) in [7, 11) is 5.95. The lowest BCUT2D eigenvalue weighted by atomic mass is 9.76. The van der Waals surface area contributed by atoms with E-state index in [1.165, 1.54) is 6.92 Å². The van der Waals surface area contributed by atoms with Crippen molar-refractivity contribution in [2.45, 2.75) is 91.3 Å². The fourth-order valence-corrected chi connectivity index (χ4v) is 6.81. The summed E-state index contributed by atoms with van der Waals surface area (Å²) in [4.78, 5) is 49.5. The highest BCUT2D eigenvalue weighted by Crippen LogP contribution is 2.38. The molecule has 0 bridgehead atoms. The monoisotopic (exact) mass is 594 g/mol. The van der Waals surface area contributed by atoms with E-state index >= 15 is 0 Å². The van der Waals surface area contributed by atoms with Crippen molar-refractivity contribution in [2.75, 3.05) is 27.7 Å². The Morgan fingerprint density at radius 2 is 1.74 bits per heavy atom. The van der Waals surface area contributed by atoms with E-state index in [-0.39, 0.29) is 29.7 Å². The molecule has 9 heteroatoms. The van der Waals surface area contributed by atoms with Crippen LogP contribution in [0.15, 0.2) is 24.3 Å². The molecule has 1 amide bonds. The number of aromatic nitrogens is 1. The van der Waals surface area contributed by atoms with Crippen LogP contribution < -0.4 is 5.73 Å². The quantitative estimate of drug-likeness (QED) is 0.314. The Morgan fingerprint density at radius 3 is 2.35 bits per heavy atom. The van der Waals surface area contributed by atoms with Crippen LogP contribution in [0.25, 0.3) is 5.69 Å². The smallest absolute Gasteiger partial charge is 0.310 e. The zero-order valence-corrected chi connectivity index (χ0v) is 26.8. The number of fused-ring (bicyclic) bond motifs is 1. The van der Waals surface area contributed by atoms with Gasteiger partial charge in [0.2, 0.25) is 5.91 Å². The first-order valence-electron chi connectivity index (χ1n) is 15.4. The first-order chi connectivity index (χ1) is 20.0. The van der Waals surface area contributed by atoms with Crippen molar-refractivity contribution in [1.82, 2.24) is 4.57 Å². The Balaban J connectivity index is 1.43. The van der Waals surface area contributed by atoms with Gasteiger partial charge in [0.15, 0.2) is 11.9 Å². The maximum absolute atomic E-state index is 12.9. The van der Waals surface area contributed by atoms with Gasteiger partial charge in [-0.25, -0.2) is 0 Å². The molecule has 1 aromatic carbocycles. The van der Waals surface area contributed by atoms with Crippen molar-refractivity contribution >= 4 is 23.6 Å². The molecule has 2 aliphatic rings. The summed E-state index contributed by atoms with van der Waals surface area (Å²) in [5.41, 5.74) is 10.8. The maximum Gasteiger partial charge on any atom is 0.310 e. The number of primary amides is 1. The number of nitrogens with zero attached hydrogens (tertiary/aromatic N) is 2. The molecule has 234 valence electrons. The van der Waals surface area contributed by atoms with Crippen LogP contribution in [0, 0.1) is 18.3 Å². The molecule has 1 atom stereocenters. The third-order valence-electron chi connectivity index (χ3n) is 8.56. The number of ketones is 1. The molecule has 0 aliphatic heterocycles. The van der Waals surface area contributed by atoms with E-state index in [9.17, 15) is 19.2 Å². The third kappa shape index (κ3) is 8.34. The molecule has 9 nitrogen and oxygen atoms in total. The molecule has 0 spiro atoms. The number of benzene rings is 1. The molecule has 1 heterocycles. The molecule has 1 fully saturated rings. The summed E-state index contributed by atoms with van der Waals surface area (Å²) in [5.74, 6) is -0.720. The number of Topliss-reactive ketones (excluding diaryl/α,β-unsaturated/α-hetero) is 1. The first-order valence-corrected chi connectivity index (χ1v) is 15.4. The first kappa shape index (κ1) is 32.5. The minimum Gasteiger partial charge on any atom is -0.462 e. The number of aryl methyl sites for hydroxylation is 1. The molecule has 2 N–H and O–H groups in total. The van der Waals surface area contributed by atoms with E-state index in [0.717, 1.165) is 60.3 Å². The number of carbonyl (C=O) groups is 4. The van der Waals surface area contributed by atoms with E-state index in [4.69, 9.17) is 15.2 Å². The van der Waals surface area contributed by atoms with Crippen molar-refractivity contribution in [3.8, 4) is 5.69 Å². The molecule has 0 radical (unpaired) electrons. The van der Waals surface area contributed by atoms with Gasteiger partial charge in [-0.2, -0.15) is 0 Å². The Hall–Kier alpha value is -3.46. The molecule has 2 aromatic rings. The molecular formula is C34H48N3O6+. The number of carbonyl (C=O) groups excluding carboxylic acids is 4. The van der Waals surface area contributed by atoms with Crippen LogP contribution in [0.3, 0.4) is 0 Å². The fourth-order valence-electron chi connectivity index (χ4n) is 6.81. The maximum atomic E-state index is 12.9. The second-order valence-corrected chi connectivity index (χ2v) is 14.4. The van der Waals surface area contributed by atoms with Crippen molar-refractivity contribution in [1.29, 1.82) is 0 Å². The highest BCUT2D eigenvalue weighted by atomic mass is 16.6. The molecule has 1 aromatic heterocycles. The van der Waals surface area contributed by atoms with E-state index < -0.39 is 18.0 Å². The second kappa shape index (κ2) is 12.6. The summed E-state index contributed by atoms with van der Waals surface area (Å²) in [6.07, 6.45) is 4.54. The highest BCUT2D eigenvalue weighted by Gasteiger charge is 2.34. The van der Waals surface area contributed by atoms with Gasteiger partial charge in [0.1, 0.15) is 12.6 Å². The summed E-state index contributed by atoms with van der Waals surface area (Å²) in [6.45, 7) is 8.13. The lowest BCUT2D eigenvalue weighted by Gasteiger charge is -2.31. The normalized spacial score (nSPS) is 20.7. The molecular weight excluding hydrogens is 546 g/mol. The average Bonchev–Trinajstić information content (AvgIpc) is 3.18. The predicted molar refractivity (Wildman–Crippen MR) is 164 cm³/mol. The topological polar surface area (TPSA) is 118 Å². The predicted octanol–water partition coefficient (Wildman–Crippen LogP) is 4.71. The van der Waals surface area contributed by atoms with Gasteiger partial charge in [-0.1, -0.05) is 13.8 Å². The van der Waals surface area contributed by atoms with Crippen LogP contribution in [-0.4, -0.2) is 72.6 Å². The number of hydrogen-bond donors (Lipinski definition) is 1. The van der Waals surface area contributed by atoms with Crippen molar-refractivity contribution in [2.24, 2.45) is 17.1 Å². The molecule has 1 saturated carbocycles. The Morgan fingerprint density at radius 1 is 1.07 bits per heavy atom. The van der Waals surface area contributed by atoms with Gasteiger partial charge in [0, 0.05) is 41.5 Å². The second-order valence-electron chi connectivity index (χ2n) is 14.4. The van der Waals surface area contributed by atoms with Gasteiger partial charge in [-0.15, -0.1) is 0 Å². The number of amides is 1. The number of quaternary nitrogens is 1. The van der Waals surface area contributed by atoms with Crippen molar-refractivity contribution in [3.05, 3.63) is 52.3 Å². The van der Waals surface area contributed by atoms with Crippen LogP contribution in [0.4, 0.5) is 0 Å². The fraction of sp³-hybridized carbons (Fsp3) is 0.588. The molecule has 4 rings (SSSR count). The van der Waals surface area contributed by atoms with Crippen LogP contribution >= 0.6 is 0 Å². The Bertz CT molecular complexity index is 1390. The van der Waals surface area contributed by atoms with Crippen LogP contribution in [0.5, 0.6) is 0 Å². The van der Waals surface area contributed by atoms with Gasteiger partial charge in [-0.3, -0.25) is 19.2 Å². The molecule has 1 unspecified atom stereocenters. The van der Waals surface area contributed by atoms with Crippen molar-refractivity contribution < 1.29 is 33.1 Å². The largest absolute Gasteiger partial charge is 0.462 e. The number of ether oxygens (including phenoxy) is 2. The summed E-state index contributed by atoms with van der Waals surface area (Å²) in [6, 6.07) is 7.75. The van der Waals surface area contributed by atoms with E-state index in [2.05, 4.69) is 24.5 Å². The SMILES string of the molecule is CC(=O)OC(CC(=O)OC1CCC(Cc2cc(-n3c(C)cc4c3CC(C)(C)CC4=O)ccc2C(N)=O)CC1)C[N+](C)(C)C. The third-order valence-corrected chi connectivity index (χ3v) is 8.56. The minimum absolute atomic E-state index is 0.0368. The summed E-state index contributed by atoms with van der Waals surface area (Å²) < 4.78 is 13.9.